The van der Waals surface area contributed by atoms with Crippen LogP contribution in [0.5, 0.6) is 5.75 Å². The second-order valence-electron chi connectivity index (χ2n) is 4.23. The number of H-pyrrole nitrogens is 2. The monoisotopic (exact) mass is 260 g/mol. The maximum atomic E-state index is 11.2. The molecular weight excluding hydrogens is 244 g/mol. The average molecular weight is 260 g/mol. The normalized spacial score (nSPS) is 10.4. The van der Waals surface area contributed by atoms with Crippen molar-refractivity contribution >= 4 is 0 Å². The Balaban J connectivity index is 2.17. The van der Waals surface area contributed by atoms with Crippen LogP contribution in [0.4, 0.5) is 0 Å². The molecule has 0 saturated carbocycles. The van der Waals surface area contributed by atoms with Crippen molar-refractivity contribution in [1.29, 1.82) is 0 Å². The first kappa shape index (κ1) is 13.1. The van der Waals surface area contributed by atoms with Gasteiger partial charge in [0, 0.05) is 6.07 Å². The lowest BCUT2D eigenvalue weighted by Gasteiger charge is -2.06. The van der Waals surface area contributed by atoms with Gasteiger partial charge in [-0.05, 0) is 36.2 Å². The molecule has 0 spiro atoms. The molecule has 0 unspecified atom stereocenters. The summed E-state index contributed by atoms with van der Waals surface area (Å²) in [5, 5.41) is 0. The third-order valence-electron chi connectivity index (χ3n) is 2.69. The highest BCUT2D eigenvalue weighted by Crippen LogP contribution is 2.19. The number of rotatable bonds is 5. The van der Waals surface area contributed by atoms with Gasteiger partial charge in [0.1, 0.15) is 5.75 Å². The molecule has 2 rings (SSSR count). The Kier molecular flexibility index (Phi) is 4.18. The van der Waals surface area contributed by atoms with Crippen molar-refractivity contribution in [2.75, 3.05) is 6.61 Å². The van der Waals surface area contributed by atoms with E-state index in [9.17, 15) is 9.59 Å². The Morgan fingerprint density at radius 1 is 1.11 bits per heavy atom. The molecule has 0 atom stereocenters. The van der Waals surface area contributed by atoms with Crippen molar-refractivity contribution in [1.82, 2.24) is 9.97 Å². The van der Waals surface area contributed by atoms with E-state index in [1.54, 1.807) is 0 Å². The molecule has 1 aromatic carbocycles. The summed E-state index contributed by atoms with van der Waals surface area (Å²) in [4.78, 5) is 27.1. The zero-order chi connectivity index (χ0) is 13.7. The van der Waals surface area contributed by atoms with Crippen LogP contribution in [0, 0.1) is 0 Å². The Hall–Kier alpha value is -2.30. The van der Waals surface area contributed by atoms with E-state index in [1.807, 2.05) is 24.3 Å². The molecule has 0 aliphatic carbocycles. The third-order valence-corrected chi connectivity index (χ3v) is 2.69. The van der Waals surface area contributed by atoms with E-state index in [1.165, 1.54) is 6.07 Å². The van der Waals surface area contributed by atoms with Gasteiger partial charge in [-0.25, -0.2) is 4.79 Å². The molecule has 19 heavy (non-hydrogen) atoms. The van der Waals surface area contributed by atoms with Crippen molar-refractivity contribution in [3.8, 4) is 17.0 Å². The zero-order valence-corrected chi connectivity index (χ0v) is 10.7. The lowest BCUT2D eigenvalue weighted by Crippen LogP contribution is -2.21. The summed E-state index contributed by atoms with van der Waals surface area (Å²) in [5.41, 5.74) is 0.340. The van der Waals surface area contributed by atoms with Gasteiger partial charge < -0.3 is 9.72 Å². The summed E-state index contributed by atoms with van der Waals surface area (Å²) >= 11 is 0. The van der Waals surface area contributed by atoms with Gasteiger partial charge in [0.15, 0.2) is 0 Å². The van der Waals surface area contributed by atoms with E-state index in [0.29, 0.717) is 12.3 Å². The van der Waals surface area contributed by atoms with Gasteiger partial charge in [-0.15, -0.1) is 0 Å². The van der Waals surface area contributed by atoms with Crippen LogP contribution >= 0.6 is 0 Å². The van der Waals surface area contributed by atoms with Crippen LogP contribution in [0.15, 0.2) is 39.9 Å². The minimum absolute atomic E-state index is 0.415. The molecule has 0 bridgehead atoms. The standard InChI is InChI=1S/C14H16N2O3/c1-2-3-8-19-11-6-4-10(5-7-11)12-9-13(17)16-14(18)15-12/h4-7,9H,2-3,8H2,1H3,(H2,15,16,17,18). The SMILES string of the molecule is CCCCOc1ccc(-c2cc(=O)[nH]c(=O)[nH]2)cc1. The number of benzene rings is 1. The highest BCUT2D eigenvalue weighted by Gasteiger charge is 2.01. The molecule has 5 nitrogen and oxygen atoms in total. The smallest absolute Gasteiger partial charge is 0.326 e. The minimum atomic E-state index is -0.509. The fourth-order valence-electron chi connectivity index (χ4n) is 1.69. The molecule has 2 N–H and O–H groups in total. The predicted molar refractivity (Wildman–Crippen MR) is 73.5 cm³/mol. The molecule has 5 heteroatoms. The first-order valence-electron chi connectivity index (χ1n) is 6.26. The van der Waals surface area contributed by atoms with Gasteiger partial charge in [0.2, 0.25) is 0 Å². The third kappa shape index (κ3) is 3.58. The van der Waals surface area contributed by atoms with Crippen LogP contribution in [0.25, 0.3) is 11.3 Å². The van der Waals surface area contributed by atoms with E-state index >= 15 is 0 Å². The fraction of sp³-hybridized carbons (Fsp3) is 0.286. The topological polar surface area (TPSA) is 75.0 Å². The fourth-order valence-corrected chi connectivity index (χ4v) is 1.69. The van der Waals surface area contributed by atoms with Crippen LogP contribution in [0.2, 0.25) is 0 Å². The van der Waals surface area contributed by atoms with Gasteiger partial charge in [-0.2, -0.15) is 0 Å². The lowest BCUT2D eigenvalue weighted by molar-refractivity contribution is 0.309. The Morgan fingerprint density at radius 3 is 2.47 bits per heavy atom. The summed E-state index contributed by atoms with van der Waals surface area (Å²) in [5.74, 6) is 0.782. The molecule has 2 aromatic rings. The first-order chi connectivity index (χ1) is 9.19. The number of unbranched alkanes of at least 4 members (excludes halogenated alkanes) is 1. The molecule has 0 aliphatic rings. The second-order valence-corrected chi connectivity index (χ2v) is 4.23. The number of aromatic nitrogens is 2. The van der Waals surface area contributed by atoms with Gasteiger partial charge in [-0.3, -0.25) is 9.78 Å². The van der Waals surface area contributed by atoms with Crippen molar-refractivity contribution < 1.29 is 4.74 Å². The summed E-state index contributed by atoms with van der Waals surface area (Å²) < 4.78 is 5.54. The van der Waals surface area contributed by atoms with E-state index in [2.05, 4.69) is 16.9 Å². The molecule has 1 heterocycles. The van der Waals surface area contributed by atoms with Crippen molar-refractivity contribution in [2.45, 2.75) is 19.8 Å². The van der Waals surface area contributed by atoms with Crippen molar-refractivity contribution in [3.05, 3.63) is 51.2 Å². The maximum absolute atomic E-state index is 11.2. The number of ether oxygens (including phenoxy) is 1. The largest absolute Gasteiger partial charge is 0.494 e. The van der Waals surface area contributed by atoms with Crippen LogP contribution in [0.3, 0.4) is 0 Å². The van der Waals surface area contributed by atoms with Gasteiger partial charge >= 0.3 is 5.69 Å². The van der Waals surface area contributed by atoms with Crippen molar-refractivity contribution in [3.63, 3.8) is 0 Å². The highest BCUT2D eigenvalue weighted by molar-refractivity contribution is 5.59. The summed E-state index contributed by atoms with van der Waals surface area (Å²) in [7, 11) is 0. The maximum Gasteiger partial charge on any atom is 0.326 e. The summed E-state index contributed by atoms with van der Waals surface area (Å²) in [6.07, 6.45) is 2.11. The van der Waals surface area contributed by atoms with Gasteiger partial charge in [0.25, 0.3) is 5.56 Å². The van der Waals surface area contributed by atoms with E-state index in [4.69, 9.17) is 4.74 Å². The molecule has 0 amide bonds. The summed E-state index contributed by atoms with van der Waals surface area (Å²) in [6, 6.07) is 8.63. The molecule has 0 aliphatic heterocycles. The Labute approximate surface area is 110 Å². The first-order valence-corrected chi connectivity index (χ1v) is 6.26. The molecule has 0 radical (unpaired) electrons. The van der Waals surface area contributed by atoms with E-state index in [-0.39, 0.29) is 0 Å². The number of hydrogen-bond donors (Lipinski definition) is 2. The quantitative estimate of drug-likeness (QED) is 0.806. The van der Waals surface area contributed by atoms with Gasteiger partial charge in [0.05, 0.1) is 12.3 Å². The molecule has 100 valence electrons. The molecular formula is C14H16N2O3. The minimum Gasteiger partial charge on any atom is -0.494 e. The predicted octanol–water partition coefficient (Wildman–Crippen LogP) is 1.91. The molecule has 1 aromatic heterocycles. The van der Waals surface area contributed by atoms with Crippen LogP contribution < -0.4 is 16.0 Å². The average Bonchev–Trinajstić information content (AvgIpc) is 2.39. The zero-order valence-electron chi connectivity index (χ0n) is 10.7. The number of aromatic amines is 2. The highest BCUT2D eigenvalue weighted by atomic mass is 16.5. The van der Waals surface area contributed by atoms with E-state index in [0.717, 1.165) is 24.2 Å². The Morgan fingerprint density at radius 2 is 1.84 bits per heavy atom. The number of hydrogen-bond acceptors (Lipinski definition) is 3. The van der Waals surface area contributed by atoms with Gasteiger partial charge in [-0.1, -0.05) is 13.3 Å². The Bertz CT molecular complexity index is 612. The molecule has 0 fully saturated rings. The lowest BCUT2D eigenvalue weighted by atomic mass is 10.1. The van der Waals surface area contributed by atoms with Crippen LogP contribution in [0.1, 0.15) is 19.8 Å². The molecule has 0 saturated heterocycles. The summed E-state index contributed by atoms with van der Waals surface area (Å²) in [6.45, 7) is 2.80. The number of nitrogens with one attached hydrogen (secondary N) is 2. The van der Waals surface area contributed by atoms with Crippen LogP contribution in [-0.4, -0.2) is 16.6 Å². The van der Waals surface area contributed by atoms with E-state index < -0.39 is 11.2 Å². The van der Waals surface area contributed by atoms with Crippen LogP contribution in [-0.2, 0) is 0 Å². The second kappa shape index (κ2) is 6.04. The van der Waals surface area contributed by atoms with Crippen molar-refractivity contribution in [2.24, 2.45) is 0 Å².